The van der Waals surface area contributed by atoms with E-state index in [2.05, 4.69) is 95.9 Å². The summed E-state index contributed by atoms with van der Waals surface area (Å²) in [5.41, 5.74) is 6.10. The average molecular weight is 348 g/mol. The van der Waals surface area contributed by atoms with Crippen LogP contribution in [0.3, 0.4) is 0 Å². The molecule has 3 aromatic carbocycles. The molecule has 2 heterocycles. The summed E-state index contributed by atoms with van der Waals surface area (Å²) in [6.07, 6.45) is 6.43. The first-order valence-electron chi connectivity index (χ1n) is 9.31. The first-order valence-corrected chi connectivity index (χ1v) is 9.31. The van der Waals surface area contributed by atoms with Gasteiger partial charge in [-0.25, -0.2) is 0 Å². The maximum Gasteiger partial charge on any atom is 0.0941 e. The van der Waals surface area contributed by atoms with Gasteiger partial charge >= 0.3 is 0 Å². The highest BCUT2D eigenvalue weighted by molar-refractivity contribution is 5.96. The minimum atomic E-state index is 0.187. The molecule has 0 spiro atoms. The first kappa shape index (κ1) is 15.8. The molecule has 1 unspecified atom stereocenters. The van der Waals surface area contributed by atoms with Crippen LogP contribution in [0.25, 0.3) is 17.0 Å². The summed E-state index contributed by atoms with van der Waals surface area (Å²) in [4.78, 5) is 7.22. The third-order valence-corrected chi connectivity index (χ3v) is 5.20. The molecule has 2 heteroatoms. The molecule has 1 aromatic heterocycles. The van der Waals surface area contributed by atoms with Gasteiger partial charge < -0.3 is 4.90 Å². The summed E-state index contributed by atoms with van der Waals surface area (Å²) in [5, 5.41) is 1.18. The van der Waals surface area contributed by atoms with Crippen LogP contribution in [-0.2, 0) is 6.54 Å². The zero-order chi connectivity index (χ0) is 18.1. The molecule has 0 aliphatic carbocycles. The normalized spacial score (nSPS) is 15.7. The van der Waals surface area contributed by atoms with Crippen LogP contribution < -0.4 is 4.90 Å². The van der Waals surface area contributed by atoms with E-state index in [-0.39, 0.29) is 6.04 Å². The van der Waals surface area contributed by atoms with Gasteiger partial charge in [-0.3, -0.25) is 4.98 Å². The summed E-state index contributed by atoms with van der Waals surface area (Å²) in [6, 6.07) is 30.1. The highest BCUT2D eigenvalue weighted by Crippen LogP contribution is 2.41. The molecule has 1 aliphatic rings. The molecule has 0 saturated carbocycles. The van der Waals surface area contributed by atoms with Gasteiger partial charge in [0.25, 0.3) is 0 Å². The number of benzene rings is 3. The molecule has 130 valence electrons. The van der Waals surface area contributed by atoms with E-state index in [0.29, 0.717) is 0 Å². The smallest absolute Gasteiger partial charge is 0.0941 e. The fourth-order valence-corrected chi connectivity index (χ4v) is 3.92. The lowest BCUT2D eigenvalue weighted by Crippen LogP contribution is -2.30. The van der Waals surface area contributed by atoms with E-state index in [1.165, 1.54) is 27.8 Å². The molecule has 5 rings (SSSR count). The number of anilines is 1. The number of rotatable bonds is 3. The predicted molar refractivity (Wildman–Crippen MR) is 113 cm³/mol. The molecule has 4 aromatic rings. The Balaban J connectivity index is 1.70. The molecule has 0 fully saturated rings. The minimum absolute atomic E-state index is 0.187. The van der Waals surface area contributed by atoms with Crippen molar-refractivity contribution in [3.05, 3.63) is 114 Å². The van der Waals surface area contributed by atoms with E-state index >= 15 is 0 Å². The van der Waals surface area contributed by atoms with Crippen LogP contribution in [0.4, 0.5) is 5.69 Å². The molecular formula is C25H20N2. The molecule has 0 amide bonds. The second-order valence-electron chi connectivity index (χ2n) is 6.91. The number of hydrogen-bond donors (Lipinski definition) is 0. The fraction of sp³-hybridized carbons (Fsp3) is 0.0800. The van der Waals surface area contributed by atoms with Gasteiger partial charge in [-0.2, -0.15) is 0 Å². The standard InChI is InChI=1S/C25H20N2/c1-3-8-19(9-4-1)18-27-23(20-10-5-2-6-11-20)16-15-22-14-13-21-12-7-17-26-24(21)25(22)27/h1-17,23H,18H2. The van der Waals surface area contributed by atoms with Crippen LogP contribution in [0, 0.1) is 0 Å². The molecule has 27 heavy (non-hydrogen) atoms. The Kier molecular flexibility index (Phi) is 3.95. The van der Waals surface area contributed by atoms with Crippen LogP contribution in [0.2, 0.25) is 0 Å². The first-order chi connectivity index (χ1) is 13.4. The Morgan fingerprint density at radius 1 is 0.778 bits per heavy atom. The van der Waals surface area contributed by atoms with Gasteiger partial charge in [-0.15, -0.1) is 0 Å². The Labute approximate surface area is 159 Å². The Morgan fingerprint density at radius 3 is 2.37 bits per heavy atom. The lowest BCUT2D eigenvalue weighted by Gasteiger charge is -2.36. The number of aromatic nitrogens is 1. The molecule has 1 aliphatic heterocycles. The van der Waals surface area contributed by atoms with Crippen molar-refractivity contribution in [1.29, 1.82) is 0 Å². The molecule has 0 radical (unpaired) electrons. The van der Waals surface area contributed by atoms with Crippen molar-refractivity contribution in [2.75, 3.05) is 4.90 Å². The monoisotopic (exact) mass is 348 g/mol. The molecule has 0 N–H and O–H groups in total. The lowest BCUT2D eigenvalue weighted by atomic mass is 9.95. The molecular weight excluding hydrogens is 328 g/mol. The van der Waals surface area contributed by atoms with Gasteiger partial charge in [0, 0.05) is 18.1 Å². The third-order valence-electron chi connectivity index (χ3n) is 5.20. The van der Waals surface area contributed by atoms with Crippen LogP contribution in [0.5, 0.6) is 0 Å². The number of nitrogens with zero attached hydrogens (tertiary/aromatic N) is 2. The van der Waals surface area contributed by atoms with Crippen molar-refractivity contribution in [1.82, 2.24) is 4.98 Å². The zero-order valence-corrected chi connectivity index (χ0v) is 15.0. The summed E-state index contributed by atoms with van der Waals surface area (Å²) >= 11 is 0. The van der Waals surface area contributed by atoms with Crippen molar-refractivity contribution < 1.29 is 0 Å². The predicted octanol–water partition coefficient (Wildman–Crippen LogP) is 6.01. The summed E-state index contributed by atoms with van der Waals surface area (Å²) < 4.78 is 0. The third kappa shape index (κ3) is 2.89. The SMILES string of the molecule is C1=CC(c2ccccc2)N(Cc2ccccc2)c2c1ccc1cccnc21. The summed E-state index contributed by atoms with van der Waals surface area (Å²) in [7, 11) is 0. The minimum Gasteiger partial charge on any atom is -0.354 e. The number of fused-ring (bicyclic) bond motifs is 3. The van der Waals surface area contributed by atoms with E-state index < -0.39 is 0 Å². The highest BCUT2D eigenvalue weighted by Gasteiger charge is 2.26. The van der Waals surface area contributed by atoms with Gasteiger partial charge in [0.2, 0.25) is 0 Å². The summed E-state index contributed by atoms with van der Waals surface area (Å²) in [6.45, 7) is 0.841. The van der Waals surface area contributed by atoms with Crippen molar-refractivity contribution >= 4 is 22.7 Å². The Hall–Kier alpha value is -3.39. The van der Waals surface area contributed by atoms with Crippen molar-refractivity contribution in [2.24, 2.45) is 0 Å². The number of pyridine rings is 1. The van der Waals surface area contributed by atoms with Gasteiger partial charge in [0.15, 0.2) is 0 Å². The van der Waals surface area contributed by atoms with Crippen LogP contribution in [0.15, 0.2) is 97.2 Å². The maximum atomic E-state index is 4.74. The second kappa shape index (κ2) is 6.73. The van der Waals surface area contributed by atoms with Gasteiger partial charge in [0.1, 0.15) is 0 Å². The number of hydrogen-bond acceptors (Lipinski definition) is 2. The van der Waals surface area contributed by atoms with Crippen LogP contribution in [0.1, 0.15) is 22.7 Å². The van der Waals surface area contributed by atoms with E-state index in [9.17, 15) is 0 Å². The van der Waals surface area contributed by atoms with Crippen molar-refractivity contribution in [2.45, 2.75) is 12.6 Å². The largest absolute Gasteiger partial charge is 0.354 e. The van der Waals surface area contributed by atoms with Gasteiger partial charge in [-0.05, 0) is 22.8 Å². The molecule has 1 atom stereocenters. The Morgan fingerprint density at radius 2 is 1.56 bits per heavy atom. The molecule has 2 nitrogen and oxygen atoms in total. The van der Waals surface area contributed by atoms with E-state index in [1.807, 2.05) is 12.3 Å². The van der Waals surface area contributed by atoms with E-state index in [1.54, 1.807) is 0 Å². The second-order valence-corrected chi connectivity index (χ2v) is 6.91. The average Bonchev–Trinajstić information content (AvgIpc) is 2.75. The van der Waals surface area contributed by atoms with Crippen LogP contribution in [-0.4, -0.2) is 4.98 Å². The Bertz CT molecular complexity index is 1100. The van der Waals surface area contributed by atoms with Gasteiger partial charge in [0.05, 0.1) is 17.2 Å². The van der Waals surface area contributed by atoms with E-state index in [4.69, 9.17) is 4.98 Å². The van der Waals surface area contributed by atoms with Gasteiger partial charge in [-0.1, -0.05) is 91.0 Å². The molecule has 0 saturated heterocycles. The van der Waals surface area contributed by atoms with E-state index in [0.717, 1.165) is 12.1 Å². The summed E-state index contributed by atoms with van der Waals surface area (Å²) in [5.74, 6) is 0. The highest BCUT2D eigenvalue weighted by atomic mass is 15.2. The molecule has 0 bridgehead atoms. The topological polar surface area (TPSA) is 16.1 Å². The zero-order valence-electron chi connectivity index (χ0n) is 15.0. The van der Waals surface area contributed by atoms with Crippen molar-refractivity contribution in [3.63, 3.8) is 0 Å². The maximum absolute atomic E-state index is 4.74. The lowest BCUT2D eigenvalue weighted by molar-refractivity contribution is 0.719. The van der Waals surface area contributed by atoms with Crippen LogP contribution >= 0.6 is 0 Å². The quantitative estimate of drug-likeness (QED) is 0.451. The van der Waals surface area contributed by atoms with Crippen molar-refractivity contribution in [3.8, 4) is 0 Å². The fourth-order valence-electron chi connectivity index (χ4n) is 3.92.